The molecular weight excluding hydrogens is 551 g/mol. The molecule has 2 heterocycles. The zero-order valence-corrected chi connectivity index (χ0v) is 25.1. The van der Waals surface area contributed by atoms with Crippen LogP contribution >= 0.6 is 0 Å². The van der Waals surface area contributed by atoms with Crippen LogP contribution in [0.3, 0.4) is 0 Å². The highest BCUT2D eigenvalue weighted by molar-refractivity contribution is 6.37. The van der Waals surface area contributed by atoms with Crippen molar-refractivity contribution >= 4 is 34.5 Å². The van der Waals surface area contributed by atoms with Gasteiger partial charge in [0.25, 0.3) is 11.8 Å². The number of piperidine rings is 1. The minimum absolute atomic E-state index is 0.195. The molecule has 44 heavy (non-hydrogen) atoms. The molecule has 0 aromatic heterocycles. The summed E-state index contributed by atoms with van der Waals surface area (Å²) in [4.78, 5) is 29.3. The fourth-order valence-electron chi connectivity index (χ4n) is 5.94. The van der Waals surface area contributed by atoms with Crippen LogP contribution in [0.25, 0.3) is 11.3 Å². The molecule has 0 saturated carbocycles. The Labute approximate surface area is 258 Å². The van der Waals surface area contributed by atoms with Gasteiger partial charge in [-0.05, 0) is 111 Å². The van der Waals surface area contributed by atoms with Gasteiger partial charge in [0.2, 0.25) is 0 Å². The topological polar surface area (TPSA) is 73.5 Å². The number of fused-ring (bicyclic) bond motifs is 1. The second-order valence-corrected chi connectivity index (χ2v) is 11.7. The summed E-state index contributed by atoms with van der Waals surface area (Å²) < 4.78 is 14.0. The van der Waals surface area contributed by atoms with Gasteiger partial charge in [0.15, 0.2) is 0 Å². The van der Waals surface area contributed by atoms with Crippen molar-refractivity contribution in [2.45, 2.75) is 45.7 Å². The van der Waals surface area contributed by atoms with Gasteiger partial charge in [-0.25, -0.2) is 4.39 Å². The van der Waals surface area contributed by atoms with E-state index >= 15 is 0 Å². The summed E-state index contributed by atoms with van der Waals surface area (Å²) in [6.07, 6.45) is 3.72. The van der Waals surface area contributed by atoms with Crippen molar-refractivity contribution < 1.29 is 14.0 Å². The molecule has 2 aliphatic heterocycles. The van der Waals surface area contributed by atoms with E-state index in [0.717, 1.165) is 36.4 Å². The third-order valence-electron chi connectivity index (χ3n) is 8.39. The van der Waals surface area contributed by atoms with Crippen LogP contribution in [-0.4, -0.2) is 29.8 Å². The first kappa shape index (κ1) is 29.3. The molecule has 0 spiro atoms. The first-order valence-electron chi connectivity index (χ1n) is 15.3. The second-order valence-electron chi connectivity index (χ2n) is 11.7. The number of carbonyl (C=O) groups is 2. The highest BCUT2D eigenvalue weighted by Crippen LogP contribution is 2.38. The summed E-state index contributed by atoms with van der Waals surface area (Å²) in [5.41, 5.74) is 7.44. The van der Waals surface area contributed by atoms with Crippen molar-refractivity contribution in [1.29, 1.82) is 0 Å². The molecule has 4 aromatic rings. The van der Waals surface area contributed by atoms with Crippen molar-refractivity contribution in [3.63, 3.8) is 0 Å². The lowest BCUT2D eigenvalue weighted by atomic mass is 9.98. The van der Waals surface area contributed by atoms with E-state index in [1.54, 1.807) is 30.3 Å². The van der Waals surface area contributed by atoms with Crippen LogP contribution in [0.1, 0.15) is 70.4 Å². The molecule has 0 bridgehead atoms. The molecule has 3 N–H and O–H groups in total. The van der Waals surface area contributed by atoms with E-state index in [1.807, 2.05) is 50.2 Å². The fraction of sp³-hybridized carbons (Fsp3) is 0.243. The maximum Gasteiger partial charge on any atom is 0.258 e. The highest BCUT2D eigenvalue weighted by atomic mass is 19.1. The minimum Gasteiger partial charge on any atom is -0.354 e. The number of aryl methyl sites for hydroxylation is 1. The second kappa shape index (κ2) is 12.9. The van der Waals surface area contributed by atoms with Crippen molar-refractivity contribution in [1.82, 2.24) is 10.2 Å². The molecular formula is C37H37FN4O2. The van der Waals surface area contributed by atoms with Gasteiger partial charge in [-0.15, -0.1) is 0 Å². The average Bonchev–Trinajstić information content (AvgIpc) is 3.36. The number of rotatable bonds is 8. The van der Waals surface area contributed by atoms with Gasteiger partial charge in [0, 0.05) is 29.0 Å². The Balaban J connectivity index is 1.34. The summed E-state index contributed by atoms with van der Waals surface area (Å²) in [6, 6.07) is 27.4. The molecule has 2 amide bonds. The number of likely N-dealkylation sites (tertiary alicyclic amines) is 1. The van der Waals surface area contributed by atoms with Crippen molar-refractivity contribution in [2.75, 3.05) is 23.7 Å². The maximum absolute atomic E-state index is 14.0. The van der Waals surface area contributed by atoms with Gasteiger partial charge in [0.05, 0.1) is 17.3 Å². The van der Waals surface area contributed by atoms with E-state index < -0.39 is 0 Å². The highest BCUT2D eigenvalue weighted by Gasteiger charge is 2.30. The molecule has 6 rings (SSSR count). The molecule has 4 aromatic carbocycles. The number of hydrogen-bond acceptors (Lipinski definition) is 4. The van der Waals surface area contributed by atoms with Gasteiger partial charge in [0.1, 0.15) is 5.82 Å². The molecule has 7 heteroatoms. The van der Waals surface area contributed by atoms with Crippen molar-refractivity contribution in [2.24, 2.45) is 0 Å². The first-order chi connectivity index (χ1) is 21.3. The van der Waals surface area contributed by atoms with Crippen LogP contribution in [0.5, 0.6) is 0 Å². The predicted octanol–water partition coefficient (Wildman–Crippen LogP) is 7.54. The van der Waals surface area contributed by atoms with Gasteiger partial charge < -0.3 is 16.0 Å². The lowest BCUT2D eigenvalue weighted by Gasteiger charge is -2.26. The third-order valence-corrected chi connectivity index (χ3v) is 8.39. The van der Waals surface area contributed by atoms with Crippen LogP contribution in [0, 0.1) is 12.7 Å². The Morgan fingerprint density at radius 3 is 2.39 bits per heavy atom. The van der Waals surface area contributed by atoms with Gasteiger partial charge >= 0.3 is 0 Å². The molecule has 0 radical (unpaired) electrons. The molecule has 224 valence electrons. The van der Waals surface area contributed by atoms with Gasteiger partial charge in [-0.3, -0.25) is 14.5 Å². The summed E-state index contributed by atoms with van der Waals surface area (Å²) in [5.74, 6) is -0.886. The molecule has 1 atom stereocenters. The average molecular weight is 589 g/mol. The lowest BCUT2D eigenvalue weighted by molar-refractivity contribution is -0.110. The Kier molecular flexibility index (Phi) is 8.57. The Bertz CT molecular complexity index is 1710. The van der Waals surface area contributed by atoms with Gasteiger partial charge in [-0.2, -0.15) is 0 Å². The van der Waals surface area contributed by atoms with E-state index in [9.17, 15) is 14.0 Å². The summed E-state index contributed by atoms with van der Waals surface area (Å²) in [7, 11) is 0. The lowest BCUT2D eigenvalue weighted by Crippen LogP contribution is -2.29. The zero-order chi connectivity index (χ0) is 30.6. The monoisotopic (exact) mass is 588 g/mol. The van der Waals surface area contributed by atoms with Gasteiger partial charge in [-0.1, -0.05) is 48.4 Å². The van der Waals surface area contributed by atoms with Crippen LogP contribution in [0.4, 0.5) is 15.8 Å². The smallest absolute Gasteiger partial charge is 0.258 e. The van der Waals surface area contributed by atoms with Crippen LogP contribution in [0.2, 0.25) is 0 Å². The number of amides is 2. The molecule has 2 aliphatic rings. The summed E-state index contributed by atoms with van der Waals surface area (Å²) in [5, 5.41) is 9.51. The molecule has 0 unspecified atom stereocenters. The normalized spacial score (nSPS) is 16.6. The first-order valence-corrected chi connectivity index (χ1v) is 15.3. The number of anilines is 2. The predicted molar refractivity (Wildman–Crippen MR) is 175 cm³/mol. The fourth-order valence-corrected chi connectivity index (χ4v) is 5.94. The van der Waals surface area contributed by atoms with Crippen LogP contribution in [-0.2, 0) is 11.3 Å². The SMILES string of the molecule is Cc1ccc([C@@H](C)NC(=O)c2ccc3c(c2)/C(=C(/Nc2cccc(CN4CCCCC4)c2)c2ccc(F)cc2)C(=O)N3)cc1. The number of hydrogen-bond donors (Lipinski definition) is 3. The number of nitrogens with one attached hydrogen (secondary N) is 3. The number of nitrogens with zero attached hydrogens (tertiary/aromatic N) is 1. The molecule has 6 nitrogen and oxygen atoms in total. The number of carbonyl (C=O) groups excluding carboxylic acids is 2. The summed E-state index contributed by atoms with van der Waals surface area (Å²) in [6.45, 7) is 7.03. The van der Waals surface area contributed by atoms with Crippen LogP contribution in [0.15, 0.2) is 91.0 Å². The quantitative estimate of drug-likeness (QED) is 0.186. The Hall–Kier alpha value is -4.75. The van der Waals surface area contributed by atoms with E-state index in [-0.39, 0.29) is 23.7 Å². The minimum atomic E-state index is -0.362. The van der Waals surface area contributed by atoms with E-state index in [4.69, 9.17) is 0 Å². The van der Waals surface area contributed by atoms with E-state index in [2.05, 4.69) is 33.0 Å². The molecule has 0 aliphatic carbocycles. The summed E-state index contributed by atoms with van der Waals surface area (Å²) >= 11 is 0. The number of halogens is 1. The Morgan fingerprint density at radius 2 is 1.64 bits per heavy atom. The molecule has 1 saturated heterocycles. The largest absolute Gasteiger partial charge is 0.354 e. The third kappa shape index (κ3) is 6.58. The van der Waals surface area contributed by atoms with Crippen molar-refractivity contribution in [3.05, 3.63) is 130 Å². The standard InChI is InChI=1S/C37H37FN4O2/c1-24-9-11-27(12-10-24)25(2)39-36(43)29-15-18-33-32(22-29)34(37(44)41-33)35(28-13-16-30(38)17-14-28)40-31-8-6-7-26(21-31)23-42-19-4-3-5-20-42/h6-18,21-22,25,40H,3-5,19-20,23H2,1-2H3,(H,39,43)(H,41,44)/b35-34-/t25-/m1/s1. The van der Waals surface area contributed by atoms with Crippen molar-refractivity contribution in [3.8, 4) is 0 Å². The number of benzene rings is 4. The van der Waals surface area contributed by atoms with E-state index in [1.165, 1.54) is 37.0 Å². The maximum atomic E-state index is 14.0. The zero-order valence-electron chi connectivity index (χ0n) is 25.1. The van der Waals surface area contributed by atoms with Crippen LogP contribution < -0.4 is 16.0 Å². The Morgan fingerprint density at radius 1 is 0.909 bits per heavy atom. The molecule has 1 fully saturated rings. The van der Waals surface area contributed by atoms with E-state index in [0.29, 0.717) is 33.6 Å².